The number of hydrogen-bond donors (Lipinski definition) is 2. The van der Waals surface area contributed by atoms with Crippen LogP contribution < -0.4 is 10.6 Å². The van der Waals surface area contributed by atoms with Crippen LogP contribution in [0.5, 0.6) is 0 Å². The summed E-state index contributed by atoms with van der Waals surface area (Å²) < 4.78 is 5.53. The second kappa shape index (κ2) is 6.41. The average Bonchev–Trinajstić information content (AvgIpc) is 3.41. The summed E-state index contributed by atoms with van der Waals surface area (Å²) in [5.41, 5.74) is 2.30. The molecular formula is C19H25N3O3. The number of nitrogens with zero attached hydrogens (tertiary/aromatic N) is 1. The van der Waals surface area contributed by atoms with E-state index in [2.05, 4.69) is 15.6 Å². The molecule has 6 nitrogen and oxygen atoms in total. The molecule has 2 aliphatic heterocycles. The second-order valence-electron chi connectivity index (χ2n) is 7.67. The molecule has 0 radical (unpaired) electrons. The van der Waals surface area contributed by atoms with Gasteiger partial charge < -0.3 is 15.4 Å². The lowest BCUT2D eigenvalue weighted by Crippen LogP contribution is -2.39. The molecule has 1 aromatic heterocycles. The molecule has 1 saturated carbocycles. The molecule has 3 heterocycles. The first-order chi connectivity index (χ1) is 12.1. The van der Waals surface area contributed by atoms with E-state index in [0.29, 0.717) is 24.4 Å². The number of hydrogen-bond acceptors (Lipinski definition) is 5. The minimum Gasteiger partial charge on any atom is -0.460 e. The normalized spacial score (nSPS) is 25.0. The van der Waals surface area contributed by atoms with E-state index in [1.165, 1.54) is 12.8 Å². The minimum absolute atomic E-state index is 0.0973. The predicted molar refractivity (Wildman–Crippen MR) is 92.3 cm³/mol. The Morgan fingerprint density at radius 1 is 1.40 bits per heavy atom. The standard InChI is InChI=1S/C19H25N3O3/c1-12-8-16(13-2-3-13)21-11-15(12)17(23)22-10-14-9-19(18(24)25-14)4-6-20-7-5-19/h8,11,13-14,20H,2-7,9-10H2,1H3,(H,22,23). The van der Waals surface area contributed by atoms with Crippen molar-refractivity contribution < 1.29 is 14.3 Å². The van der Waals surface area contributed by atoms with Crippen LogP contribution in [0.4, 0.5) is 0 Å². The molecule has 1 aromatic rings. The van der Waals surface area contributed by atoms with Crippen LogP contribution >= 0.6 is 0 Å². The van der Waals surface area contributed by atoms with Gasteiger partial charge in [-0.3, -0.25) is 14.6 Å². The van der Waals surface area contributed by atoms with Crippen LogP contribution in [0.2, 0.25) is 0 Å². The Kier molecular flexibility index (Phi) is 4.23. The lowest BCUT2D eigenvalue weighted by molar-refractivity contribution is -0.149. The number of aryl methyl sites for hydroxylation is 1. The Morgan fingerprint density at radius 3 is 2.84 bits per heavy atom. The van der Waals surface area contributed by atoms with Crippen LogP contribution in [0, 0.1) is 12.3 Å². The summed E-state index contributed by atoms with van der Waals surface area (Å²) in [6.45, 7) is 4.02. The molecule has 134 valence electrons. The quantitative estimate of drug-likeness (QED) is 0.813. The van der Waals surface area contributed by atoms with Crippen LogP contribution in [0.3, 0.4) is 0 Å². The van der Waals surface area contributed by atoms with Crippen molar-refractivity contribution in [2.24, 2.45) is 5.41 Å². The molecule has 1 spiro atoms. The van der Waals surface area contributed by atoms with Crippen molar-refractivity contribution in [3.05, 3.63) is 29.1 Å². The molecule has 1 amide bonds. The van der Waals surface area contributed by atoms with Gasteiger partial charge in [-0.15, -0.1) is 0 Å². The summed E-state index contributed by atoms with van der Waals surface area (Å²) in [5, 5.41) is 6.20. The summed E-state index contributed by atoms with van der Waals surface area (Å²) >= 11 is 0. The van der Waals surface area contributed by atoms with Crippen molar-refractivity contribution in [1.82, 2.24) is 15.6 Å². The number of aromatic nitrogens is 1. The Bertz CT molecular complexity index is 693. The van der Waals surface area contributed by atoms with Gasteiger partial charge in [-0.2, -0.15) is 0 Å². The molecule has 2 N–H and O–H groups in total. The Balaban J connectivity index is 1.35. The molecule has 1 aliphatic carbocycles. The number of piperidine rings is 1. The van der Waals surface area contributed by atoms with E-state index in [1.807, 2.05) is 13.0 Å². The zero-order valence-electron chi connectivity index (χ0n) is 14.6. The number of rotatable bonds is 4. The van der Waals surface area contributed by atoms with Crippen LogP contribution in [-0.2, 0) is 9.53 Å². The van der Waals surface area contributed by atoms with Gasteiger partial charge in [0, 0.05) is 24.2 Å². The number of amides is 1. The van der Waals surface area contributed by atoms with Gasteiger partial charge in [0.15, 0.2) is 0 Å². The lowest BCUT2D eigenvalue weighted by atomic mass is 9.76. The second-order valence-corrected chi connectivity index (χ2v) is 7.67. The third kappa shape index (κ3) is 3.27. The number of nitrogens with one attached hydrogen (secondary N) is 2. The summed E-state index contributed by atoms with van der Waals surface area (Å²) in [6, 6.07) is 2.02. The maximum atomic E-state index is 12.5. The summed E-state index contributed by atoms with van der Waals surface area (Å²) in [4.78, 5) is 29.2. The number of carbonyl (C=O) groups is 2. The van der Waals surface area contributed by atoms with Gasteiger partial charge in [0.2, 0.25) is 0 Å². The fraction of sp³-hybridized carbons (Fsp3) is 0.632. The molecule has 4 rings (SSSR count). The smallest absolute Gasteiger partial charge is 0.312 e. The molecule has 25 heavy (non-hydrogen) atoms. The molecule has 3 fully saturated rings. The highest BCUT2D eigenvalue weighted by molar-refractivity contribution is 5.95. The molecule has 6 heteroatoms. The highest BCUT2D eigenvalue weighted by atomic mass is 16.6. The molecule has 3 aliphatic rings. The van der Waals surface area contributed by atoms with Crippen molar-refractivity contribution in [1.29, 1.82) is 0 Å². The van der Waals surface area contributed by atoms with Gasteiger partial charge in [0.1, 0.15) is 6.10 Å². The zero-order valence-corrected chi connectivity index (χ0v) is 14.6. The topological polar surface area (TPSA) is 80.3 Å². The summed E-state index contributed by atoms with van der Waals surface area (Å²) in [7, 11) is 0. The number of cyclic esters (lactones) is 1. The first-order valence-electron chi connectivity index (χ1n) is 9.24. The third-order valence-corrected chi connectivity index (χ3v) is 5.75. The highest BCUT2D eigenvalue weighted by Gasteiger charge is 2.49. The molecule has 1 unspecified atom stereocenters. The molecule has 1 atom stereocenters. The van der Waals surface area contributed by atoms with E-state index in [4.69, 9.17) is 4.74 Å². The molecular weight excluding hydrogens is 318 g/mol. The molecule has 0 bridgehead atoms. The van der Waals surface area contributed by atoms with Crippen LogP contribution in [0.1, 0.15) is 59.6 Å². The Labute approximate surface area is 147 Å². The summed E-state index contributed by atoms with van der Waals surface area (Å²) in [6.07, 6.45) is 6.18. The number of esters is 1. The van der Waals surface area contributed by atoms with Crippen molar-refractivity contribution in [3.63, 3.8) is 0 Å². The fourth-order valence-corrected chi connectivity index (χ4v) is 3.98. The monoisotopic (exact) mass is 343 g/mol. The van der Waals surface area contributed by atoms with E-state index >= 15 is 0 Å². The SMILES string of the molecule is Cc1cc(C2CC2)ncc1C(=O)NCC1CC2(CCNCC2)C(=O)O1. The van der Waals surface area contributed by atoms with Gasteiger partial charge in [-0.1, -0.05) is 0 Å². The Hall–Kier alpha value is -1.95. The lowest BCUT2D eigenvalue weighted by Gasteiger charge is -2.29. The van der Waals surface area contributed by atoms with E-state index in [-0.39, 0.29) is 23.4 Å². The maximum Gasteiger partial charge on any atom is 0.312 e. The number of carbonyl (C=O) groups excluding carboxylic acids is 2. The largest absolute Gasteiger partial charge is 0.460 e. The minimum atomic E-state index is -0.343. The van der Waals surface area contributed by atoms with Gasteiger partial charge >= 0.3 is 5.97 Å². The molecule has 0 aromatic carbocycles. The van der Waals surface area contributed by atoms with E-state index in [0.717, 1.165) is 37.2 Å². The zero-order chi connectivity index (χ0) is 17.4. The Morgan fingerprint density at radius 2 is 2.16 bits per heavy atom. The van der Waals surface area contributed by atoms with E-state index in [9.17, 15) is 9.59 Å². The van der Waals surface area contributed by atoms with Crippen LogP contribution in [-0.4, -0.2) is 42.6 Å². The van der Waals surface area contributed by atoms with Gasteiger partial charge in [-0.05, 0) is 57.3 Å². The van der Waals surface area contributed by atoms with Crippen molar-refractivity contribution in [2.75, 3.05) is 19.6 Å². The fourth-order valence-electron chi connectivity index (χ4n) is 3.98. The predicted octanol–water partition coefficient (Wildman–Crippen LogP) is 1.68. The van der Waals surface area contributed by atoms with Gasteiger partial charge in [-0.25, -0.2) is 0 Å². The highest BCUT2D eigenvalue weighted by Crippen LogP contribution is 2.41. The van der Waals surface area contributed by atoms with Crippen LogP contribution in [0.15, 0.2) is 12.3 Å². The van der Waals surface area contributed by atoms with E-state index < -0.39 is 0 Å². The average molecular weight is 343 g/mol. The summed E-state index contributed by atoms with van der Waals surface area (Å²) in [5.74, 6) is 0.337. The van der Waals surface area contributed by atoms with Crippen molar-refractivity contribution >= 4 is 11.9 Å². The molecule has 2 saturated heterocycles. The van der Waals surface area contributed by atoms with Gasteiger partial charge in [0.25, 0.3) is 5.91 Å². The third-order valence-electron chi connectivity index (χ3n) is 5.75. The van der Waals surface area contributed by atoms with Crippen molar-refractivity contribution in [3.8, 4) is 0 Å². The van der Waals surface area contributed by atoms with Crippen molar-refractivity contribution in [2.45, 2.75) is 51.0 Å². The number of pyridine rings is 1. The first-order valence-corrected chi connectivity index (χ1v) is 9.24. The van der Waals surface area contributed by atoms with E-state index in [1.54, 1.807) is 6.20 Å². The van der Waals surface area contributed by atoms with Gasteiger partial charge in [0.05, 0.1) is 17.5 Å². The maximum absolute atomic E-state index is 12.5. The first kappa shape index (κ1) is 16.5. The number of ether oxygens (including phenoxy) is 1. The van der Waals surface area contributed by atoms with Crippen LogP contribution in [0.25, 0.3) is 0 Å².